The first-order valence-electron chi connectivity index (χ1n) is 12.3. The van der Waals surface area contributed by atoms with Crippen LogP contribution in [0.25, 0.3) is 11.0 Å². The summed E-state index contributed by atoms with van der Waals surface area (Å²) in [5.74, 6) is -0.655. The van der Waals surface area contributed by atoms with Crippen molar-refractivity contribution >= 4 is 28.5 Å². The zero-order chi connectivity index (χ0) is 26.9. The molecule has 7 nitrogen and oxygen atoms in total. The highest BCUT2D eigenvalue weighted by atomic mass is 35.5. The summed E-state index contributed by atoms with van der Waals surface area (Å²) in [6.45, 7) is 0.885. The fourth-order valence-electron chi connectivity index (χ4n) is 5.10. The molecule has 0 saturated heterocycles. The first-order valence-corrected chi connectivity index (χ1v) is 12.7. The van der Waals surface area contributed by atoms with Gasteiger partial charge in [-0.15, -0.1) is 0 Å². The van der Waals surface area contributed by atoms with Crippen molar-refractivity contribution in [2.75, 3.05) is 0 Å². The zero-order valence-electron chi connectivity index (χ0n) is 20.3. The predicted molar refractivity (Wildman–Crippen MR) is 137 cm³/mol. The van der Waals surface area contributed by atoms with Crippen LogP contribution in [0, 0.1) is 5.92 Å². The monoisotopic (exact) mass is 543 g/mol. The van der Waals surface area contributed by atoms with E-state index < -0.39 is 23.3 Å². The highest BCUT2D eigenvalue weighted by Gasteiger charge is 2.38. The van der Waals surface area contributed by atoms with Gasteiger partial charge < -0.3 is 5.32 Å². The Morgan fingerprint density at radius 2 is 1.68 bits per heavy atom. The second-order valence-electron chi connectivity index (χ2n) is 9.53. The molecule has 5 rings (SSSR count). The summed E-state index contributed by atoms with van der Waals surface area (Å²) < 4.78 is 43.5. The van der Waals surface area contributed by atoms with E-state index >= 15 is 0 Å². The lowest BCUT2D eigenvalue weighted by Crippen LogP contribution is -2.39. The number of aromatic nitrogens is 4. The summed E-state index contributed by atoms with van der Waals surface area (Å²) in [4.78, 5) is 33.8. The van der Waals surface area contributed by atoms with Gasteiger partial charge in [0, 0.05) is 25.0 Å². The van der Waals surface area contributed by atoms with Gasteiger partial charge in [-0.05, 0) is 61.9 Å². The summed E-state index contributed by atoms with van der Waals surface area (Å²) in [6, 6.07) is 13.9. The van der Waals surface area contributed by atoms with Gasteiger partial charge in [0.05, 0.1) is 33.9 Å². The number of alkyl halides is 3. The van der Waals surface area contributed by atoms with E-state index in [4.69, 9.17) is 11.6 Å². The summed E-state index contributed by atoms with van der Waals surface area (Å²) in [5, 5.41) is 2.67. The predicted octanol–water partition coefficient (Wildman–Crippen LogP) is 5.30. The van der Waals surface area contributed by atoms with Gasteiger partial charge in [0.15, 0.2) is 5.69 Å². The summed E-state index contributed by atoms with van der Waals surface area (Å²) in [7, 11) is 0. The van der Waals surface area contributed by atoms with E-state index in [2.05, 4.69) is 15.3 Å². The molecule has 0 atom stereocenters. The number of rotatable bonds is 6. The lowest BCUT2D eigenvalue weighted by Gasteiger charge is -2.29. The molecule has 1 aliphatic rings. The number of nitrogens with one attached hydrogen (secondary N) is 1. The quantitative estimate of drug-likeness (QED) is 0.358. The van der Waals surface area contributed by atoms with Gasteiger partial charge in [0.1, 0.15) is 0 Å². The molecule has 11 heteroatoms. The minimum atomic E-state index is -4.77. The number of fused-ring (bicyclic) bond motifs is 1. The van der Waals surface area contributed by atoms with Gasteiger partial charge in [0.2, 0.25) is 0 Å². The van der Waals surface area contributed by atoms with Crippen molar-refractivity contribution in [3.63, 3.8) is 0 Å². The zero-order valence-corrected chi connectivity index (χ0v) is 21.0. The smallest absolute Gasteiger partial charge is 0.349 e. The number of benzene rings is 1. The SMILES string of the molecule is O=C(N[C@H]1CC[C@H](Cn2c(=O)n(Cc3ccccn3)c3ccccc32)CC1)c1cc(Cl)cnc1C(F)(F)F. The topological polar surface area (TPSA) is 81.8 Å². The first kappa shape index (κ1) is 26.0. The number of pyridine rings is 2. The number of hydrogen-bond acceptors (Lipinski definition) is 4. The third kappa shape index (κ3) is 5.45. The molecule has 0 bridgehead atoms. The molecule has 1 N–H and O–H groups in total. The Balaban J connectivity index is 1.27. The molecule has 38 heavy (non-hydrogen) atoms. The lowest BCUT2D eigenvalue weighted by atomic mass is 9.85. The maximum atomic E-state index is 13.4. The second-order valence-corrected chi connectivity index (χ2v) is 9.96. The van der Waals surface area contributed by atoms with Crippen LogP contribution in [0.15, 0.2) is 65.7 Å². The van der Waals surface area contributed by atoms with Crippen molar-refractivity contribution < 1.29 is 18.0 Å². The Kier molecular flexibility index (Phi) is 7.25. The molecule has 0 unspecified atom stereocenters. The van der Waals surface area contributed by atoms with Crippen LogP contribution >= 0.6 is 11.6 Å². The van der Waals surface area contributed by atoms with Crippen LogP contribution in [0.1, 0.15) is 47.4 Å². The van der Waals surface area contributed by atoms with Gasteiger partial charge in [-0.25, -0.2) is 9.78 Å². The van der Waals surface area contributed by atoms with E-state index in [-0.39, 0.29) is 22.7 Å². The van der Waals surface area contributed by atoms with Crippen LogP contribution in [0.5, 0.6) is 0 Å². The molecule has 198 valence electrons. The van der Waals surface area contributed by atoms with Crippen molar-refractivity contribution in [3.8, 4) is 0 Å². The fourth-order valence-corrected chi connectivity index (χ4v) is 5.26. The summed E-state index contributed by atoms with van der Waals surface area (Å²) in [6.07, 6.45) is 0.428. The average Bonchev–Trinajstić information content (AvgIpc) is 3.15. The van der Waals surface area contributed by atoms with Crippen LogP contribution in [0.3, 0.4) is 0 Å². The van der Waals surface area contributed by atoms with Crippen LogP contribution in [0.4, 0.5) is 13.2 Å². The Hall–Kier alpha value is -3.66. The Bertz CT molecular complexity index is 1510. The Labute approximate surface area is 221 Å². The van der Waals surface area contributed by atoms with E-state index in [0.717, 1.165) is 41.8 Å². The number of carbonyl (C=O) groups excluding carboxylic acids is 1. The fraction of sp³-hybridized carbons (Fsp3) is 0.333. The van der Waals surface area contributed by atoms with Crippen molar-refractivity contribution in [2.45, 2.75) is 51.0 Å². The molecule has 1 saturated carbocycles. The standard InChI is InChI=1S/C27H25ClF3N5O2/c28-18-13-21(24(33-14-18)27(29,30)31)25(37)34-19-10-8-17(9-11-19)15-35-22-6-1-2-7-23(22)36(26(35)38)16-20-5-3-4-12-32-20/h1-7,12-14,17,19H,8-11,15-16H2,(H,34,37)/t17-,19-. The van der Waals surface area contributed by atoms with Crippen LogP contribution < -0.4 is 11.0 Å². The minimum Gasteiger partial charge on any atom is -0.349 e. The van der Waals surface area contributed by atoms with Gasteiger partial charge in [0.25, 0.3) is 5.91 Å². The number of nitrogens with zero attached hydrogens (tertiary/aromatic N) is 4. The van der Waals surface area contributed by atoms with Gasteiger partial charge >= 0.3 is 11.9 Å². The highest BCUT2D eigenvalue weighted by Crippen LogP contribution is 2.32. The number of amides is 1. The normalized spacial score (nSPS) is 18.0. The number of halogens is 4. The van der Waals surface area contributed by atoms with Crippen molar-refractivity contribution in [1.29, 1.82) is 0 Å². The van der Waals surface area contributed by atoms with Crippen LogP contribution in [-0.2, 0) is 19.3 Å². The molecule has 1 aromatic carbocycles. The molecule has 1 aliphatic carbocycles. The van der Waals surface area contributed by atoms with Crippen molar-refractivity contribution in [1.82, 2.24) is 24.4 Å². The average molecular weight is 544 g/mol. The molecular weight excluding hydrogens is 519 g/mol. The lowest BCUT2D eigenvalue weighted by molar-refractivity contribution is -0.141. The third-order valence-corrected chi connectivity index (χ3v) is 7.17. The van der Waals surface area contributed by atoms with E-state index in [0.29, 0.717) is 25.9 Å². The summed E-state index contributed by atoms with van der Waals surface area (Å²) in [5.41, 5.74) is 0.517. The Morgan fingerprint density at radius 3 is 2.34 bits per heavy atom. The summed E-state index contributed by atoms with van der Waals surface area (Å²) >= 11 is 5.81. The van der Waals surface area contributed by atoms with E-state index in [1.54, 1.807) is 15.3 Å². The molecule has 3 aromatic heterocycles. The molecule has 3 heterocycles. The Morgan fingerprint density at radius 1 is 1.00 bits per heavy atom. The maximum absolute atomic E-state index is 13.4. The van der Waals surface area contributed by atoms with E-state index in [1.807, 2.05) is 42.5 Å². The number of para-hydroxylation sites is 2. The number of imidazole rings is 1. The molecule has 0 aliphatic heterocycles. The van der Waals surface area contributed by atoms with Gasteiger partial charge in [-0.1, -0.05) is 29.8 Å². The van der Waals surface area contributed by atoms with Crippen molar-refractivity contribution in [3.05, 3.63) is 93.4 Å². The minimum absolute atomic E-state index is 0.0421. The molecule has 4 aromatic rings. The molecule has 0 radical (unpaired) electrons. The van der Waals surface area contributed by atoms with E-state index in [1.165, 1.54) is 0 Å². The molecule has 1 fully saturated rings. The molecule has 0 spiro atoms. The van der Waals surface area contributed by atoms with E-state index in [9.17, 15) is 22.8 Å². The van der Waals surface area contributed by atoms with Crippen LogP contribution in [0.2, 0.25) is 5.02 Å². The van der Waals surface area contributed by atoms with Gasteiger partial charge in [-0.3, -0.25) is 18.9 Å². The largest absolute Gasteiger partial charge is 0.434 e. The van der Waals surface area contributed by atoms with Crippen LogP contribution in [-0.4, -0.2) is 31.1 Å². The first-order chi connectivity index (χ1) is 18.2. The van der Waals surface area contributed by atoms with Crippen molar-refractivity contribution in [2.24, 2.45) is 5.92 Å². The second kappa shape index (κ2) is 10.6. The third-order valence-electron chi connectivity index (χ3n) is 6.96. The highest BCUT2D eigenvalue weighted by molar-refractivity contribution is 6.30. The number of hydrogen-bond donors (Lipinski definition) is 1. The maximum Gasteiger partial charge on any atom is 0.434 e. The van der Waals surface area contributed by atoms with Gasteiger partial charge in [-0.2, -0.15) is 13.2 Å². The molecular formula is C27H25ClF3N5O2. The number of carbonyl (C=O) groups is 1. The molecule has 1 amide bonds.